The van der Waals surface area contributed by atoms with Gasteiger partial charge in [0.2, 0.25) is 0 Å². The summed E-state index contributed by atoms with van der Waals surface area (Å²) in [6.45, 7) is 1.32. The molecule has 132 valence electrons. The van der Waals surface area contributed by atoms with Crippen LogP contribution in [0.15, 0.2) is 29.6 Å². The summed E-state index contributed by atoms with van der Waals surface area (Å²) in [7, 11) is 1.65. The van der Waals surface area contributed by atoms with Crippen LogP contribution in [0.2, 0.25) is 5.02 Å². The number of thiophene rings is 1. The van der Waals surface area contributed by atoms with Crippen LogP contribution in [-0.2, 0) is 13.2 Å². The molecule has 0 aliphatic heterocycles. The average Bonchev–Trinajstić information content (AvgIpc) is 3.24. The average molecular weight is 388 g/mol. The van der Waals surface area contributed by atoms with Crippen molar-refractivity contribution in [2.24, 2.45) is 0 Å². The Morgan fingerprint density at radius 2 is 2.08 bits per heavy atom. The Kier molecular flexibility index (Phi) is 7.69. The van der Waals surface area contributed by atoms with Gasteiger partial charge in [0.15, 0.2) is 11.5 Å². The molecule has 1 aromatic carbocycles. The van der Waals surface area contributed by atoms with E-state index in [9.17, 15) is 0 Å². The van der Waals surface area contributed by atoms with Gasteiger partial charge in [0, 0.05) is 17.5 Å². The molecular formula is C18H23Cl2NO2S. The lowest BCUT2D eigenvalue weighted by Gasteiger charge is -2.16. The minimum absolute atomic E-state index is 0. The SMILES string of the molecule is COc1cc(CNC2CCCC2)cc(Cl)c1OCc1cccs1.Cl. The van der Waals surface area contributed by atoms with Crippen LogP contribution in [0.25, 0.3) is 0 Å². The third-order valence-electron chi connectivity index (χ3n) is 4.18. The summed E-state index contributed by atoms with van der Waals surface area (Å²) in [6, 6.07) is 8.67. The number of ether oxygens (including phenoxy) is 2. The van der Waals surface area contributed by atoms with Gasteiger partial charge in [-0.15, -0.1) is 23.7 Å². The van der Waals surface area contributed by atoms with Crippen LogP contribution in [0, 0.1) is 0 Å². The molecule has 0 amide bonds. The lowest BCUT2D eigenvalue weighted by Crippen LogP contribution is -2.25. The van der Waals surface area contributed by atoms with E-state index in [-0.39, 0.29) is 12.4 Å². The monoisotopic (exact) mass is 387 g/mol. The molecular weight excluding hydrogens is 365 g/mol. The van der Waals surface area contributed by atoms with Crippen molar-refractivity contribution < 1.29 is 9.47 Å². The van der Waals surface area contributed by atoms with Gasteiger partial charge >= 0.3 is 0 Å². The molecule has 0 unspecified atom stereocenters. The maximum atomic E-state index is 6.42. The molecule has 0 atom stereocenters. The van der Waals surface area contributed by atoms with E-state index in [4.69, 9.17) is 21.1 Å². The van der Waals surface area contributed by atoms with Crippen LogP contribution in [0.3, 0.4) is 0 Å². The zero-order chi connectivity index (χ0) is 16.1. The first-order valence-electron chi connectivity index (χ1n) is 8.01. The van der Waals surface area contributed by atoms with Crippen molar-refractivity contribution in [3.8, 4) is 11.5 Å². The van der Waals surface area contributed by atoms with Crippen molar-refractivity contribution in [1.29, 1.82) is 0 Å². The Morgan fingerprint density at radius 3 is 2.75 bits per heavy atom. The number of hydrogen-bond acceptors (Lipinski definition) is 4. The fourth-order valence-electron chi connectivity index (χ4n) is 2.95. The number of halogens is 2. The fraction of sp³-hybridized carbons (Fsp3) is 0.444. The van der Waals surface area contributed by atoms with Crippen molar-refractivity contribution >= 4 is 35.3 Å². The van der Waals surface area contributed by atoms with E-state index in [1.807, 2.05) is 29.6 Å². The Morgan fingerprint density at radius 1 is 1.29 bits per heavy atom. The van der Waals surface area contributed by atoms with Crippen molar-refractivity contribution in [3.05, 3.63) is 45.1 Å². The third kappa shape index (κ3) is 5.03. The molecule has 1 aliphatic rings. The lowest BCUT2D eigenvalue weighted by molar-refractivity contribution is 0.287. The van der Waals surface area contributed by atoms with Gasteiger partial charge in [-0.1, -0.05) is 30.5 Å². The fourth-order valence-corrected chi connectivity index (χ4v) is 3.85. The maximum Gasteiger partial charge on any atom is 0.180 e. The predicted octanol–water partition coefficient (Wildman–Crippen LogP) is 5.44. The van der Waals surface area contributed by atoms with Crippen LogP contribution in [0.4, 0.5) is 0 Å². The molecule has 1 saturated carbocycles. The minimum Gasteiger partial charge on any atom is -0.493 e. The van der Waals surface area contributed by atoms with E-state index in [0.717, 1.165) is 17.0 Å². The minimum atomic E-state index is 0. The summed E-state index contributed by atoms with van der Waals surface area (Å²) in [5, 5.41) is 6.23. The van der Waals surface area contributed by atoms with Crippen molar-refractivity contribution in [2.75, 3.05) is 7.11 Å². The Labute approximate surface area is 158 Å². The summed E-state index contributed by atoms with van der Waals surface area (Å²) in [5.41, 5.74) is 1.13. The second-order valence-electron chi connectivity index (χ2n) is 5.84. The van der Waals surface area contributed by atoms with E-state index in [0.29, 0.717) is 29.2 Å². The Bertz CT molecular complexity index is 628. The van der Waals surface area contributed by atoms with Gasteiger partial charge in [0.05, 0.1) is 12.1 Å². The molecule has 3 rings (SSSR count). The number of nitrogens with one attached hydrogen (secondary N) is 1. The van der Waals surface area contributed by atoms with Crippen LogP contribution in [0.1, 0.15) is 36.1 Å². The number of hydrogen-bond donors (Lipinski definition) is 1. The van der Waals surface area contributed by atoms with Gasteiger partial charge in [-0.3, -0.25) is 0 Å². The zero-order valence-corrected chi connectivity index (χ0v) is 16.1. The molecule has 1 heterocycles. The molecule has 1 aliphatic carbocycles. The van der Waals surface area contributed by atoms with Gasteiger partial charge in [-0.25, -0.2) is 0 Å². The van der Waals surface area contributed by atoms with Crippen LogP contribution >= 0.6 is 35.3 Å². The first kappa shape index (κ1) is 19.4. The van der Waals surface area contributed by atoms with E-state index < -0.39 is 0 Å². The highest BCUT2D eigenvalue weighted by atomic mass is 35.5. The summed E-state index contributed by atoms with van der Waals surface area (Å²) in [4.78, 5) is 1.16. The van der Waals surface area contributed by atoms with Crippen molar-refractivity contribution in [3.63, 3.8) is 0 Å². The third-order valence-corrected chi connectivity index (χ3v) is 5.31. The molecule has 1 aromatic heterocycles. The normalized spacial score (nSPS) is 14.4. The van der Waals surface area contributed by atoms with Gasteiger partial charge < -0.3 is 14.8 Å². The van der Waals surface area contributed by atoms with Crippen LogP contribution < -0.4 is 14.8 Å². The predicted molar refractivity (Wildman–Crippen MR) is 103 cm³/mol. The Hall–Kier alpha value is -0.940. The summed E-state index contributed by atoms with van der Waals surface area (Å²) in [6.07, 6.45) is 5.20. The van der Waals surface area contributed by atoms with E-state index in [2.05, 4.69) is 5.32 Å². The smallest absolute Gasteiger partial charge is 0.180 e. The van der Waals surface area contributed by atoms with Gasteiger partial charge in [-0.05, 0) is 42.0 Å². The van der Waals surface area contributed by atoms with E-state index >= 15 is 0 Å². The molecule has 6 heteroatoms. The zero-order valence-electron chi connectivity index (χ0n) is 13.7. The molecule has 3 nitrogen and oxygen atoms in total. The summed E-state index contributed by atoms with van der Waals surface area (Å²) < 4.78 is 11.3. The molecule has 0 saturated heterocycles. The number of rotatable bonds is 7. The Balaban J connectivity index is 0.00000208. The molecule has 0 bridgehead atoms. The molecule has 0 spiro atoms. The lowest BCUT2D eigenvalue weighted by atomic mass is 10.1. The molecule has 1 fully saturated rings. The number of benzene rings is 1. The van der Waals surface area contributed by atoms with Crippen LogP contribution in [-0.4, -0.2) is 13.2 Å². The molecule has 2 aromatic rings. The molecule has 0 radical (unpaired) electrons. The highest BCUT2D eigenvalue weighted by Gasteiger charge is 2.16. The quantitative estimate of drug-likeness (QED) is 0.685. The summed E-state index contributed by atoms with van der Waals surface area (Å²) >= 11 is 8.09. The molecule has 24 heavy (non-hydrogen) atoms. The van der Waals surface area contributed by atoms with Crippen molar-refractivity contribution in [1.82, 2.24) is 5.32 Å². The topological polar surface area (TPSA) is 30.5 Å². The van der Waals surface area contributed by atoms with Crippen molar-refractivity contribution in [2.45, 2.75) is 44.9 Å². The second kappa shape index (κ2) is 9.52. The second-order valence-corrected chi connectivity index (χ2v) is 7.28. The van der Waals surface area contributed by atoms with Gasteiger partial charge in [0.1, 0.15) is 6.61 Å². The largest absolute Gasteiger partial charge is 0.493 e. The van der Waals surface area contributed by atoms with E-state index in [1.165, 1.54) is 25.7 Å². The first-order valence-corrected chi connectivity index (χ1v) is 9.27. The highest BCUT2D eigenvalue weighted by molar-refractivity contribution is 7.09. The standard InChI is InChI=1S/C18H22ClNO2S.ClH/c1-21-17-10-13(11-20-14-5-2-3-6-14)9-16(19)18(17)22-12-15-7-4-8-23-15;/h4,7-10,14,20H,2-3,5-6,11-12H2,1H3;1H. The number of methoxy groups -OCH3 is 1. The van der Waals surface area contributed by atoms with E-state index in [1.54, 1.807) is 18.4 Å². The maximum absolute atomic E-state index is 6.42. The first-order chi connectivity index (χ1) is 11.3. The van der Waals surface area contributed by atoms with Crippen LogP contribution in [0.5, 0.6) is 11.5 Å². The van der Waals surface area contributed by atoms with Gasteiger partial charge in [-0.2, -0.15) is 0 Å². The summed E-state index contributed by atoms with van der Waals surface area (Å²) in [5.74, 6) is 1.31. The van der Waals surface area contributed by atoms with Gasteiger partial charge in [0.25, 0.3) is 0 Å². The highest BCUT2D eigenvalue weighted by Crippen LogP contribution is 2.37. The molecule has 1 N–H and O–H groups in total.